The number of thioether (sulfide) groups is 1. The number of anilines is 1. The third kappa shape index (κ3) is 3.37. The number of rotatable bonds is 6. The van der Waals surface area contributed by atoms with Gasteiger partial charge in [0.05, 0.1) is 5.97 Å². The van der Waals surface area contributed by atoms with Crippen LogP contribution in [0.25, 0.3) is 0 Å². The van der Waals surface area contributed by atoms with Crippen LogP contribution in [0.3, 0.4) is 0 Å². The second-order valence-electron chi connectivity index (χ2n) is 4.35. The van der Waals surface area contributed by atoms with Crippen molar-refractivity contribution < 1.29 is 29.4 Å². The van der Waals surface area contributed by atoms with Crippen LogP contribution in [0.2, 0.25) is 0 Å². The van der Waals surface area contributed by atoms with Gasteiger partial charge in [-0.05, 0) is 17.8 Å². The number of carboxylic acids is 2. The van der Waals surface area contributed by atoms with E-state index in [9.17, 15) is 29.4 Å². The highest BCUT2D eigenvalue weighted by Crippen LogP contribution is 2.29. The quantitative estimate of drug-likeness (QED) is 0.678. The summed E-state index contributed by atoms with van der Waals surface area (Å²) in [7, 11) is 0. The Hall–Kier alpha value is -2.55. The first-order valence-electron chi connectivity index (χ1n) is 6.19. The number of aromatic carboxylic acids is 1. The minimum Gasteiger partial charge on any atom is -0.550 e. The number of nitrogens with zero attached hydrogens (tertiary/aromatic N) is 1. The molecule has 1 aromatic rings. The minimum absolute atomic E-state index is 0.142. The highest BCUT2D eigenvalue weighted by molar-refractivity contribution is 8.15. The number of aliphatic carboxylic acids is 1. The van der Waals surface area contributed by atoms with E-state index in [2.05, 4.69) is 5.32 Å². The predicted octanol–water partition coefficient (Wildman–Crippen LogP) is -1.38. The predicted molar refractivity (Wildman–Crippen MR) is 72.5 cm³/mol. The van der Waals surface area contributed by atoms with Gasteiger partial charge in [0.1, 0.15) is 0 Å². The summed E-state index contributed by atoms with van der Waals surface area (Å²) in [6.07, 6.45) is -0.458. The van der Waals surface area contributed by atoms with E-state index < -0.39 is 34.9 Å². The molecule has 0 saturated carbocycles. The standard InChI is InChI=1S/C13H12N2O6S/c16-9(17)5-6-15-11(18)10(22-13(15)21)14-8-4-2-1-3-7(8)12(19)20/h1-4,10,14H,5-6H2,(H,16,17)(H,19,20)/p-2/t10-/m1/s1. The highest BCUT2D eigenvalue weighted by Gasteiger charge is 2.39. The van der Waals surface area contributed by atoms with Gasteiger partial charge < -0.3 is 25.1 Å². The molecule has 1 saturated heterocycles. The maximum Gasteiger partial charge on any atom is 0.290 e. The van der Waals surface area contributed by atoms with E-state index in [1.807, 2.05) is 0 Å². The average molecular weight is 322 g/mol. The molecule has 8 nitrogen and oxygen atoms in total. The number of nitrogens with one attached hydrogen (secondary N) is 1. The van der Waals surface area contributed by atoms with E-state index >= 15 is 0 Å². The summed E-state index contributed by atoms with van der Waals surface area (Å²) in [4.78, 5) is 46.0. The third-order valence-corrected chi connectivity index (χ3v) is 3.88. The van der Waals surface area contributed by atoms with Crippen LogP contribution in [0, 0.1) is 0 Å². The molecule has 1 aromatic carbocycles. The molecular weight excluding hydrogens is 312 g/mol. The molecule has 0 spiro atoms. The molecule has 22 heavy (non-hydrogen) atoms. The van der Waals surface area contributed by atoms with Crippen molar-refractivity contribution in [2.75, 3.05) is 11.9 Å². The molecule has 2 rings (SSSR count). The summed E-state index contributed by atoms with van der Waals surface area (Å²) in [6, 6.07) is 5.80. The van der Waals surface area contributed by atoms with Crippen LogP contribution >= 0.6 is 11.8 Å². The summed E-state index contributed by atoms with van der Waals surface area (Å²) in [6.45, 7) is -0.284. The first-order chi connectivity index (χ1) is 10.4. The average Bonchev–Trinajstić information content (AvgIpc) is 2.71. The summed E-state index contributed by atoms with van der Waals surface area (Å²) in [5.41, 5.74) is -0.000522. The molecule has 116 valence electrons. The molecule has 1 fully saturated rings. The maximum atomic E-state index is 12.1. The van der Waals surface area contributed by atoms with Gasteiger partial charge in [-0.3, -0.25) is 14.5 Å². The fraction of sp³-hybridized carbons (Fsp3) is 0.231. The fourth-order valence-corrected chi connectivity index (χ4v) is 2.79. The van der Waals surface area contributed by atoms with E-state index in [1.165, 1.54) is 18.2 Å². The molecule has 0 aromatic heterocycles. The lowest BCUT2D eigenvalue weighted by molar-refractivity contribution is -0.305. The van der Waals surface area contributed by atoms with Gasteiger partial charge in [0.2, 0.25) is 0 Å². The Kier molecular flexibility index (Phi) is 4.66. The van der Waals surface area contributed by atoms with Crippen molar-refractivity contribution in [1.29, 1.82) is 0 Å². The number of carbonyl (C=O) groups excluding carboxylic acids is 4. The number of imide groups is 1. The molecule has 2 amide bonds. The number of amides is 2. The van der Waals surface area contributed by atoms with E-state index in [-0.39, 0.29) is 17.8 Å². The Balaban J connectivity index is 2.12. The summed E-state index contributed by atoms with van der Waals surface area (Å²) in [5, 5.41) is 22.4. The van der Waals surface area contributed by atoms with Crippen molar-refractivity contribution in [3.63, 3.8) is 0 Å². The zero-order valence-electron chi connectivity index (χ0n) is 11.1. The summed E-state index contributed by atoms with van der Waals surface area (Å²) < 4.78 is 0. The van der Waals surface area contributed by atoms with E-state index in [0.29, 0.717) is 11.8 Å². The molecule has 9 heteroatoms. The van der Waals surface area contributed by atoms with Crippen molar-refractivity contribution >= 4 is 40.5 Å². The number of carbonyl (C=O) groups is 4. The van der Waals surface area contributed by atoms with Crippen molar-refractivity contribution in [3.05, 3.63) is 29.8 Å². The van der Waals surface area contributed by atoms with E-state index in [1.54, 1.807) is 6.07 Å². The van der Waals surface area contributed by atoms with E-state index in [4.69, 9.17) is 0 Å². The van der Waals surface area contributed by atoms with Gasteiger partial charge in [-0.2, -0.15) is 0 Å². The smallest absolute Gasteiger partial charge is 0.290 e. The highest BCUT2D eigenvalue weighted by atomic mass is 32.2. The zero-order valence-corrected chi connectivity index (χ0v) is 11.9. The lowest BCUT2D eigenvalue weighted by atomic mass is 10.2. The van der Waals surface area contributed by atoms with Crippen LogP contribution < -0.4 is 15.5 Å². The van der Waals surface area contributed by atoms with Crippen LogP contribution in [0.15, 0.2) is 24.3 Å². The number of hydrogen-bond donors (Lipinski definition) is 1. The summed E-state index contributed by atoms with van der Waals surface area (Å²) in [5.74, 6) is -3.42. The SMILES string of the molecule is O=C([O-])CCN1C(=O)S[C@@H](Nc2ccccc2C(=O)[O-])C1=O. The molecule has 1 atom stereocenters. The fourth-order valence-electron chi connectivity index (χ4n) is 1.87. The number of para-hydroxylation sites is 1. The largest absolute Gasteiger partial charge is 0.550 e. The molecule has 1 aliphatic heterocycles. The number of hydrogen-bond acceptors (Lipinski definition) is 8. The van der Waals surface area contributed by atoms with Crippen LogP contribution in [0.5, 0.6) is 0 Å². The van der Waals surface area contributed by atoms with Crippen LogP contribution in [0.1, 0.15) is 16.8 Å². The second-order valence-corrected chi connectivity index (χ2v) is 5.41. The first kappa shape index (κ1) is 15.8. The Bertz CT molecular complexity index is 647. The maximum absolute atomic E-state index is 12.1. The minimum atomic E-state index is -1.42. The number of carboxylic acid groups (broad SMARTS) is 2. The summed E-state index contributed by atoms with van der Waals surface area (Å²) >= 11 is 0.648. The van der Waals surface area contributed by atoms with Crippen molar-refractivity contribution in [1.82, 2.24) is 4.90 Å². The van der Waals surface area contributed by atoms with Gasteiger partial charge in [-0.25, -0.2) is 0 Å². The topological polar surface area (TPSA) is 130 Å². The van der Waals surface area contributed by atoms with Gasteiger partial charge in [-0.1, -0.05) is 18.2 Å². The van der Waals surface area contributed by atoms with Crippen molar-refractivity contribution in [2.24, 2.45) is 0 Å². The van der Waals surface area contributed by atoms with Crippen LogP contribution in [0.4, 0.5) is 10.5 Å². The van der Waals surface area contributed by atoms with Gasteiger partial charge in [0.15, 0.2) is 5.37 Å². The monoisotopic (exact) mass is 322 g/mol. The molecule has 0 radical (unpaired) electrons. The lowest BCUT2D eigenvalue weighted by Crippen LogP contribution is -2.37. The number of benzene rings is 1. The normalized spacial score (nSPS) is 17.6. The van der Waals surface area contributed by atoms with E-state index in [0.717, 1.165) is 4.90 Å². The molecule has 0 aliphatic carbocycles. The van der Waals surface area contributed by atoms with Gasteiger partial charge in [0.25, 0.3) is 11.1 Å². The lowest BCUT2D eigenvalue weighted by Gasteiger charge is -2.17. The molecule has 1 aliphatic rings. The second kappa shape index (κ2) is 6.48. The van der Waals surface area contributed by atoms with Gasteiger partial charge >= 0.3 is 0 Å². The van der Waals surface area contributed by atoms with Crippen molar-refractivity contribution in [3.8, 4) is 0 Å². The molecule has 1 heterocycles. The first-order valence-corrected chi connectivity index (χ1v) is 7.07. The van der Waals surface area contributed by atoms with Gasteiger partial charge in [0, 0.05) is 30.2 Å². The Labute approximate surface area is 129 Å². The Morgan fingerprint density at radius 2 is 1.91 bits per heavy atom. The molecule has 1 N–H and O–H groups in total. The molecular formula is C13H10N2O6S-2. The van der Waals surface area contributed by atoms with Crippen molar-refractivity contribution in [2.45, 2.75) is 11.8 Å². The Morgan fingerprint density at radius 3 is 2.55 bits per heavy atom. The third-order valence-electron chi connectivity index (χ3n) is 2.90. The van der Waals surface area contributed by atoms with Crippen LogP contribution in [-0.4, -0.2) is 39.9 Å². The zero-order chi connectivity index (χ0) is 16.3. The van der Waals surface area contributed by atoms with Gasteiger partial charge in [-0.15, -0.1) is 0 Å². The van der Waals surface area contributed by atoms with Crippen LogP contribution in [-0.2, 0) is 9.59 Å². The Morgan fingerprint density at radius 1 is 1.23 bits per heavy atom. The molecule has 0 bridgehead atoms. The molecule has 0 unspecified atom stereocenters.